The molecule has 0 spiro atoms. The summed E-state index contributed by atoms with van der Waals surface area (Å²) in [4.78, 5) is 20.5. The van der Waals surface area contributed by atoms with Gasteiger partial charge in [0.2, 0.25) is 0 Å². The molecule has 0 unspecified atom stereocenters. The lowest BCUT2D eigenvalue weighted by Gasteiger charge is -2.14. The van der Waals surface area contributed by atoms with E-state index in [1.165, 1.54) is 12.1 Å². The van der Waals surface area contributed by atoms with Crippen molar-refractivity contribution in [3.63, 3.8) is 0 Å². The first kappa shape index (κ1) is 21.5. The van der Waals surface area contributed by atoms with Crippen LogP contribution in [0.1, 0.15) is 38.1 Å². The van der Waals surface area contributed by atoms with Crippen LogP contribution >= 0.6 is 0 Å². The maximum atomic E-state index is 13.1. The van der Waals surface area contributed by atoms with E-state index in [1.807, 2.05) is 13.8 Å². The molecule has 1 fully saturated rings. The number of nitrogens with one attached hydrogen (secondary N) is 2. The van der Waals surface area contributed by atoms with Crippen LogP contribution in [0.15, 0.2) is 42.6 Å². The minimum atomic E-state index is -4.57. The van der Waals surface area contributed by atoms with Gasteiger partial charge in [0.05, 0.1) is 0 Å². The van der Waals surface area contributed by atoms with Crippen molar-refractivity contribution >= 4 is 17.3 Å². The largest absolute Gasteiger partial charge is 0.433 e. The number of halogens is 3. The first-order chi connectivity index (χ1) is 15.2. The maximum Gasteiger partial charge on any atom is 0.433 e. The molecule has 3 aromatic rings. The van der Waals surface area contributed by atoms with Crippen LogP contribution in [0.4, 0.5) is 30.5 Å². The average Bonchev–Trinajstić information content (AvgIpc) is 3.54. The second kappa shape index (κ2) is 8.07. The first-order valence-corrected chi connectivity index (χ1v) is 10.0. The van der Waals surface area contributed by atoms with Gasteiger partial charge in [0.1, 0.15) is 28.7 Å². The van der Waals surface area contributed by atoms with Gasteiger partial charge in [-0.25, -0.2) is 21.5 Å². The molecule has 1 aliphatic rings. The number of anilines is 3. The van der Waals surface area contributed by atoms with Gasteiger partial charge in [-0.3, -0.25) is 4.98 Å². The van der Waals surface area contributed by atoms with Gasteiger partial charge in [-0.15, -0.1) is 0 Å². The molecule has 1 aliphatic carbocycles. The SMILES string of the molecule is [C-]#[N+]C1(c2cc(Nc3cc(NC(C)C)nc(-c4cccc(C(F)(F)F)n4)n3)ccn2)CC1. The average molecular weight is 439 g/mol. The van der Waals surface area contributed by atoms with Crippen molar-refractivity contribution in [1.82, 2.24) is 19.9 Å². The van der Waals surface area contributed by atoms with Gasteiger partial charge >= 0.3 is 6.18 Å². The molecular weight excluding hydrogens is 419 g/mol. The molecule has 2 N–H and O–H groups in total. The molecule has 0 radical (unpaired) electrons. The highest BCUT2D eigenvalue weighted by atomic mass is 19.4. The zero-order valence-electron chi connectivity index (χ0n) is 17.4. The van der Waals surface area contributed by atoms with Gasteiger partial charge in [0.25, 0.3) is 5.54 Å². The molecule has 0 amide bonds. The Kier molecular flexibility index (Phi) is 5.42. The van der Waals surface area contributed by atoms with Crippen LogP contribution in [0.25, 0.3) is 16.4 Å². The van der Waals surface area contributed by atoms with Crippen LogP contribution in [-0.2, 0) is 11.7 Å². The summed E-state index contributed by atoms with van der Waals surface area (Å²) in [5.74, 6) is 0.876. The van der Waals surface area contributed by atoms with Gasteiger partial charge in [0, 0.05) is 36.8 Å². The van der Waals surface area contributed by atoms with Crippen LogP contribution in [-0.4, -0.2) is 26.0 Å². The number of aromatic nitrogens is 4. The van der Waals surface area contributed by atoms with E-state index >= 15 is 0 Å². The monoisotopic (exact) mass is 439 g/mol. The predicted octanol–water partition coefficient (Wildman–Crippen LogP) is 5.42. The second-order valence-electron chi connectivity index (χ2n) is 7.87. The third kappa shape index (κ3) is 4.61. The standard InChI is InChI=1S/C22H20F3N7/c1-13(2)28-18-12-19(29-14-7-10-27-17(11-14)21(26-3)8-9-21)32-20(31-18)15-5-4-6-16(30-15)22(23,24)25/h4-7,10-13H,8-9H2,1-2H3,(H2,27,28,29,31,32). The number of alkyl halides is 3. The van der Waals surface area contributed by atoms with Gasteiger partial charge in [-0.1, -0.05) is 6.07 Å². The van der Waals surface area contributed by atoms with E-state index < -0.39 is 17.4 Å². The summed E-state index contributed by atoms with van der Waals surface area (Å²) in [6.45, 7) is 11.3. The molecule has 164 valence electrons. The molecule has 7 nitrogen and oxygen atoms in total. The summed E-state index contributed by atoms with van der Waals surface area (Å²) < 4.78 is 39.3. The van der Waals surface area contributed by atoms with Crippen LogP contribution < -0.4 is 10.6 Å². The Balaban J connectivity index is 1.71. The van der Waals surface area contributed by atoms with Crippen LogP contribution in [0.2, 0.25) is 0 Å². The van der Waals surface area contributed by atoms with Crippen molar-refractivity contribution in [2.24, 2.45) is 0 Å². The summed E-state index contributed by atoms with van der Waals surface area (Å²) in [6.07, 6.45) is -1.41. The van der Waals surface area contributed by atoms with Gasteiger partial charge < -0.3 is 15.5 Å². The van der Waals surface area contributed by atoms with E-state index in [0.717, 1.165) is 18.9 Å². The van der Waals surface area contributed by atoms with E-state index in [1.54, 1.807) is 24.4 Å². The molecule has 0 saturated heterocycles. The minimum absolute atomic E-state index is 0.00985. The maximum absolute atomic E-state index is 13.1. The third-order valence-electron chi connectivity index (χ3n) is 4.88. The lowest BCUT2D eigenvalue weighted by atomic mass is 10.1. The van der Waals surface area contributed by atoms with Crippen molar-refractivity contribution in [3.8, 4) is 11.5 Å². The minimum Gasteiger partial charge on any atom is -0.368 e. The van der Waals surface area contributed by atoms with Crippen molar-refractivity contribution in [2.45, 2.75) is 44.4 Å². The van der Waals surface area contributed by atoms with Crippen LogP contribution in [0.5, 0.6) is 0 Å². The van der Waals surface area contributed by atoms with Gasteiger partial charge in [-0.05, 0) is 38.1 Å². The zero-order valence-corrected chi connectivity index (χ0v) is 17.4. The van der Waals surface area contributed by atoms with Crippen LogP contribution in [0.3, 0.4) is 0 Å². The zero-order chi connectivity index (χ0) is 22.9. The summed E-state index contributed by atoms with van der Waals surface area (Å²) in [5, 5.41) is 6.30. The number of hydrogen-bond acceptors (Lipinski definition) is 6. The van der Waals surface area contributed by atoms with E-state index in [4.69, 9.17) is 6.57 Å². The summed E-state index contributed by atoms with van der Waals surface area (Å²) >= 11 is 0. The molecule has 0 aromatic carbocycles. The fraction of sp³-hybridized carbons (Fsp3) is 0.318. The second-order valence-corrected chi connectivity index (χ2v) is 7.87. The third-order valence-corrected chi connectivity index (χ3v) is 4.88. The number of pyridine rings is 2. The highest BCUT2D eigenvalue weighted by Crippen LogP contribution is 2.49. The molecule has 4 rings (SSSR count). The van der Waals surface area contributed by atoms with Crippen molar-refractivity contribution in [2.75, 3.05) is 10.6 Å². The lowest BCUT2D eigenvalue weighted by molar-refractivity contribution is -0.141. The molecule has 0 bridgehead atoms. The number of hydrogen-bond donors (Lipinski definition) is 2. The smallest absolute Gasteiger partial charge is 0.368 e. The molecule has 0 aliphatic heterocycles. The molecule has 0 atom stereocenters. The Morgan fingerprint density at radius 1 is 1.06 bits per heavy atom. The van der Waals surface area contributed by atoms with E-state index in [-0.39, 0.29) is 17.6 Å². The van der Waals surface area contributed by atoms with Crippen molar-refractivity contribution < 1.29 is 13.2 Å². The molecule has 3 aromatic heterocycles. The normalized spacial score (nSPS) is 14.7. The summed E-state index contributed by atoms with van der Waals surface area (Å²) in [7, 11) is 0. The quantitative estimate of drug-likeness (QED) is 0.499. The highest BCUT2D eigenvalue weighted by Gasteiger charge is 2.54. The summed E-state index contributed by atoms with van der Waals surface area (Å²) in [6, 6.07) is 8.86. The van der Waals surface area contributed by atoms with Gasteiger partial charge in [-0.2, -0.15) is 13.2 Å². The first-order valence-electron chi connectivity index (χ1n) is 10.0. The lowest BCUT2D eigenvalue weighted by Crippen LogP contribution is -2.13. The molecular formula is C22H20F3N7. The van der Waals surface area contributed by atoms with Crippen molar-refractivity contribution in [3.05, 3.63) is 65.4 Å². The predicted molar refractivity (Wildman–Crippen MR) is 114 cm³/mol. The molecule has 1 saturated carbocycles. The van der Waals surface area contributed by atoms with E-state index in [2.05, 4.69) is 35.4 Å². The molecule has 3 heterocycles. The Labute approximate surface area is 183 Å². The van der Waals surface area contributed by atoms with Crippen LogP contribution in [0, 0.1) is 6.57 Å². The summed E-state index contributed by atoms with van der Waals surface area (Å²) in [5.41, 5.74) is -0.201. The topological polar surface area (TPSA) is 80.0 Å². The Morgan fingerprint density at radius 3 is 2.47 bits per heavy atom. The number of rotatable bonds is 6. The Bertz CT molecular complexity index is 1180. The Morgan fingerprint density at radius 2 is 1.81 bits per heavy atom. The number of nitrogens with zero attached hydrogens (tertiary/aromatic N) is 5. The molecule has 10 heteroatoms. The van der Waals surface area contributed by atoms with Crippen molar-refractivity contribution in [1.29, 1.82) is 0 Å². The molecule has 32 heavy (non-hydrogen) atoms. The Hall–Kier alpha value is -3.74. The van der Waals surface area contributed by atoms with E-state index in [9.17, 15) is 13.2 Å². The van der Waals surface area contributed by atoms with E-state index in [0.29, 0.717) is 23.0 Å². The fourth-order valence-corrected chi connectivity index (χ4v) is 3.17. The fourth-order valence-electron chi connectivity index (χ4n) is 3.17. The van der Waals surface area contributed by atoms with Gasteiger partial charge in [0.15, 0.2) is 5.82 Å². The highest BCUT2D eigenvalue weighted by molar-refractivity contribution is 5.64.